The summed E-state index contributed by atoms with van der Waals surface area (Å²) >= 11 is 0. The minimum absolute atomic E-state index is 0. The molecule has 11 heteroatoms. The third-order valence-electron chi connectivity index (χ3n) is 3.15. The van der Waals surface area contributed by atoms with Gasteiger partial charge in [-0.2, -0.15) is 9.90 Å². The Morgan fingerprint density at radius 3 is 1.00 bits per heavy atom. The second kappa shape index (κ2) is 19.8. The Morgan fingerprint density at radius 2 is 0.839 bits per heavy atom. The topological polar surface area (TPSA) is 130 Å². The average Bonchev–Trinajstić information content (AvgIpc) is 2.53. The van der Waals surface area contributed by atoms with Crippen molar-refractivity contribution in [3.8, 4) is 0 Å². The van der Waals surface area contributed by atoms with Crippen molar-refractivity contribution in [3.05, 3.63) is 71.8 Å². The first-order valence-corrected chi connectivity index (χ1v) is 19.1. The minimum atomic E-state index is -3.37. The summed E-state index contributed by atoms with van der Waals surface area (Å²) < 4.78 is 0. The molecule has 2 aromatic carbocycles. The molecule has 0 heterocycles. The molecule has 0 amide bonds. The molecule has 0 aromatic heterocycles. The molecule has 0 aliphatic heterocycles. The van der Waals surface area contributed by atoms with Crippen molar-refractivity contribution in [3.63, 3.8) is 0 Å². The Morgan fingerprint density at radius 1 is 0.645 bits per heavy atom. The van der Waals surface area contributed by atoms with Gasteiger partial charge in [-0.3, -0.25) is 0 Å². The quantitative estimate of drug-likeness (QED) is 0.517. The number of rotatable bonds is 4. The molecular formula is C20H43O6P5. The molecular weight excluding hydrogens is 491 g/mol. The van der Waals surface area contributed by atoms with E-state index in [9.17, 15) is 0 Å². The Kier molecular flexibility index (Phi) is 22.9. The zero-order valence-corrected chi connectivity index (χ0v) is 24.6. The summed E-state index contributed by atoms with van der Waals surface area (Å²) in [5.41, 5.74) is 2.98. The van der Waals surface area contributed by atoms with E-state index in [1.807, 2.05) is 0 Å². The van der Waals surface area contributed by atoms with Gasteiger partial charge in [-0.05, 0) is 0 Å². The fourth-order valence-electron chi connectivity index (χ4n) is 2.42. The average molecular weight is 534 g/mol. The van der Waals surface area contributed by atoms with Crippen molar-refractivity contribution < 1.29 is 33.6 Å². The molecule has 0 spiro atoms. The molecule has 6 nitrogen and oxygen atoms in total. The van der Waals surface area contributed by atoms with Gasteiger partial charge in [-0.1, -0.05) is 0 Å². The predicted octanol–water partition coefficient (Wildman–Crippen LogP) is 2.53. The molecule has 1 atom stereocenters. The third kappa shape index (κ3) is 35.1. The van der Waals surface area contributed by atoms with E-state index in [-0.39, 0.29) is 14.2 Å². The van der Waals surface area contributed by atoms with Crippen LogP contribution in [0.1, 0.15) is 15.4 Å². The molecule has 0 radical (unpaired) electrons. The van der Waals surface area contributed by atoms with E-state index < -0.39 is 31.7 Å². The first-order chi connectivity index (χ1) is 13.6. The summed E-state index contributed by atoms with van der Waals surface area (Å²) in [7, 11) is -7.79. The summed E-state index contributed by atoms with van der Waals surface area (Å²) in [4.78, 5) is 47.1. The van der Waals surface area contributed by atoms with Crippen LogP contribution in [0.3, 0.4) is 0 Å². The third-order valence-corrected chi connectivity index (χ3v) is 6.09. The molecule has 31 heavy (non-hydrogen) atoms. The maximum absolute atomic E-state index is 8.48. The van der Waals surface area contributed by atoms with Crippen molar-refractivity contribution in [1.29, 1.82) is 0 Å². The molecule has 184 valence electrons. The van der Waals surface area contributed by atoms with Crippen LogP contribution in [-0.2, 0) is 12.3 Å². The Bertz CT molecular complexity index is 584. The van der Waals surface area contributed by atoms with E-state index in [1.165, 1.54) is 23.5 Å². The first-order valence-electron chi connectivity index (χ1n) is 9.38. The number of hydrogen-bond acceptors (Lipinski definition) is 6. The normalized spacial score (nSPS) is 11.5. The van der Waals surface area contributed by atoms with E-state index in [0.29, 0.717) is 0 Å². The van der Waals surface area contributed by atoms with Gasteiger partial charge >= 0.3 is 152 Å². The maximum Gasteiger partial charge on any atom is 1.00 e. The van der Waals surface area contributed by atoms with Gasteiger partial charge < -0.3 is 38.0 Å². The van der Waals surface area contributed by atoms with Gasteiger partial charge in [0.15, 0.2) is 0 Å². The molecule has 2 rings (SSSR count). The van der Waals surface area contributed by atoms with E-state index in [2.05, 4.69) is 101 Å². The second-order valence-electron chi connectivity index (χ2n) is 8.94. The van der Waals surface area contributed by atoms with Crippen LogP contribution in [0.5, 0.6) is 0 Å². The van der Waals surface area contributed by atoms with Gasteiger partial charge in [0, 0.05) is 0 Å². The van der Waals surface area contributed by atoms with E-state index in [0.717, 1.165) is 0 Å². The SMILES string of the molecule is C[PH](C)(C)Cc1ccccc1.C[PH](C)(C)Cc1ccccc1.OP(O)O.P.[H+].[H+].[H+].[O-]P([O-])[O-]. The van der Waals surface area contributed by atoms with Gasteiger partial charge in [0.25, 0.3) is 0 Å². The standard InChI is InChI=1S/2C10H17P.H3O3P.O3P.H3P/c2*1-11(2,3)9-10-7-5-4-6-8-10;2*1-4(2)3;/h2*4-8,11H,9H2,1-3H3;1-3H;;1H3/q;;;-3;/p+3. The van der Waals surface area contributed by atoms with Crippen molar-refractivity contribution in [1.82, 2.24) is 0 Å². The van der Waals surface area contributed by atoms with Gasteiger partial charge in [0.05, 0.1) is 0 Å². The monoisotopic (exact) mass is 534 g/mol. The van der Waals surface area contributed by atoms with Crippen LogP contribution in [-0.4, -0.2) is 54.7 Å². The van der Waals surface area contributed by atoms with Crippen molar-refractivity contribution in [2.75, 3.05) is 40.0 Å². The Labute approximate surface area is 199 Å². The van der Waals surface area contributed by atoms with E-state index >= 15 is 0 Å². The maximum atomic E-state index is 8.48. The number of hydrogen-bond donors (Lipinski definition) is 3. The first kappa shape index (κ1) is 35.9. The largest absolute Gasteiger partial charge is 1.00 e. The molecule has 2 aromatic rings. The number of benzene rings is 2. The van der Waals surface area contributed by atoms with Crippen LogP contribution in [0, 0.1) is 0 Å². The minimum Gasteiger partial charge on any atom is -0.854 e. The summed E-state index contributed by atoms with van der Waals surface area (Å²) in [5.74, 6) is 0. The molecule has 0 aliphatic rings. The fourth-order valence-corrected chi connectivity index (χ4v) is 5.34. The molecule has 1 unspecified atom stereocenters. The molecule has 0 saturated heterocycles. The van der Waals surface area contributed by atoms with Gasteiger partial charge in [-0.25, -0.2) is 0 Å². The van der Waals surface area contributed by atoms with Crippen LogP contribution >= 0.6 is 41.6 Å². The van der Waals surface area contributed by atoms with Crippen molar-refractivity contribution >= 4 is 41.6 Å². The van der Waals surface area contributed by atoms with Gasteiger partial charge in [0.1, 0.15) is 0 Å². The molecule has 0 fully saturated rings. The molecule has 0 saturated carbocycles. The zero-order chi connectivity index (χ0) is 23.8. The Balaban J connectivity index is -0.0000000810. The van der Waals surface area contributed by atoms with Crippen LogP contribution < -0.4 is 14.7 Å². The van der Waals surface area contributed by atoms with Crippen LogP contribution in [0.4, 0.5) is 0 Å². The van der Waals surface area contributed by atoms with Crippen LogP contribution in [0.2, 0.25) is 0 Å². The molecule has 3 N–H and O–H groups in total. The second-order valence-corrected chi connectivity index (χ2v) is 20.9. The Hall–Kier alpha value is 0.350. The molecule has 0 bridgehead atoms. The zero-order valence-electron chi connectivity index (χ0n) is 22.4. The van der Waals surface area contributed by atoms with Crippen molar-refractivity contribution in [2.45, 2.75) is 12.3 Å². The van der Waals surface area contributed by atoms with Gasteiger partial charge in [0.2, 0.25) is 0 Å². The van der Waals surface area contributed by atoms with Crippen LogP contribution in [0.15, 0.2) is 60.7 Å². The smallest absolute Gasteiger partial charge is 0.854 e. The summed E-state index contributed by atoms with van der Waals surface area (Å²) in [6.45, 7) is 14.4. The summed E-state index contributed by atoms with van der Waals surface area (Å²) in [5, 5.41) is 0. The van der Waals surface area contributed by atoms with Crippen LogP contribution in [0.25, 0.3) is 0 Å². The van der Waals surface area contributed by atoms with Crippen molar-refractivity contribution in [2.24, 2.45) is 0 Å². The summed E-state index contributed by atoms with van der Waals surface area (Å²) in [6, 6.07) is 21.5. The van der Waals surface area contributed by atoms with Gasteiger partial charge in [-0.15, -0.1) is 0 Å². The molecule has 0 aliphatic carbocycles. The predicted molar refractivity (Wildman–Crippen MR) is 147 cm³/mol. The van der Waals surface area contributed by atoms with E-state index in [4.69, 9.17) is 29.4 Å². The van der Waals surface area contributed by atoms with E-state index in [1.54, 1.807) is 0 Å². The summed E-state index contributed by atoms with van der Waals surface area (Å²) in [6.07, 6.45) is 2.60. The fraction of sp³-hybridized carbons (Fsp3) is 0.400.